The molecule has 9 nitrogen and oxygen atoms in total. The third kappa shape index (κ3) is 4.93. The maximum atomic E-state index is 12.9. The number of aromatic nitrogens is 2. The second-order valence-corrected chi connectivity index (χ2v) is 9.22. The molecule has 10 heteroatoms. The van der Waals surface area contributed by atoms with Gasteiger partial charge in [-0.05, 0) is 54.4 Å². The van der Waals surface area contributed by atoms with Crippen LogP contribution in [0, 0.1) is 5.92 Å². The van der Waals surface area contributed by atoms with Crippen LogP contribution in [0.15, 0.2) is 72.1 Å². The smallest absolute Gasteiger partial charge is 0.262 e. The first-order valence-corrected chi connectivity index (χ1v) is 11.0. The molecule has 31 heavy (non-hydrogen) atoms. The molecule has 2 aromatic carbocycles. The highest BCUT2D eigenvalue weighted by molar-refractivity contribution is 7.89. The van der Waals surface area contributed by atoms with E-state index in [4.69, 9.17) is 9.94 Å². The Hall–Kier alpha value is -3.21. The first-order chi connectivity index (χ1) is 14.7. The van der Waals surface area contributed by atoms with E-state index >= 15 is 0 Å². The largest absolute Gasteiger partial charge is 0.457 e. The predicted octanol–water partition coefficient (Wildman–Crippen LogP) is 2.82. The maximum absolute atomic E-state index is 12.9. The second kappa shape index (κ2) is 9.29. The molecular weight excluding hydrogens is 420 g/mol. The van der Waals surface area contributed by atoms with E-state index in [0.717, 1.165) is 9.99 Å². The highest BCUT2D eigenvalue weighted by atomic mass is 32.2. The standard InChI is InChI=1S/C21H24N4O5S/c1-15(2)20(21(26)23-27)24(3)31(28,29)19-10-8-18(9-11-19)30-17-6-4-16(5-7-17)25-13-12-22-14-25/h4-15,20,27H,1-3H3,(H,23,26)/t20-/m1/s1. The van der Waals surface area contributed by atoms with E-state index in [2.05, 4.69) is 4.98 Å². The van der Waals surface area contributed by atoms with Crippen molar-refractivity contribution >= 4 is 15.9 Å². The Balaban J connectivity index is 1.75. The number of benzene rings is 2. The lowest BCUT2D eigenvalue weighted by Gasteiger charge is -2.28. The fraction of sp³-hybridized carbons (Fsp3) is 0.238. The summed E-state index contributed by atoms with van der Waals surface area (Å²) in [5.41, 5.74) is 2.46. The number of sulfonamides is 1. The molecule has 1 heterocycles. The lowest BCUT2D eigenvalue weighted by atomic mass is 10.0. The van der Waals surface area contributed by atoms with Crippen LogP contribution in [-0.4, -0.2) is 46.5 Å². The second-order valence-electron chi connectivity index (χ2n) is 7.22. The van der Waals surface area contributed by atoms with Gasteiger partial charge in [0, 0.05) is 25.1 Å². The zero-order valence-electron chi connectivity index (χ0n) is 17.3. The third-order valence-electron chi connectivity index (χ3n) is 4.78. The highest BCUT2D eigenvalue weighted by Gasteiger charge is 2.35. The summed E-state index contributed by atoms with van der Waals surface area (Å²) in [6.07, 6.45) is 5.22. The number of hydroxylamine groups is 1. The Bertz CT molecular complexity index is 1110. The number of rotatable bonds is 8. The summed E-state index contributed by atoms with van der Waals surface area (Å²) in [6.45, 7) is 3.39. The zero-order chi connectivity index (χ0) is 22.6. The van der Waals surface area contributed by atoms with Crippen molar-refractivity contribution in [3.8, 4) is 17.2 Å². The van der Waals surface area contributed by atoms with Crippen LogP contribution < -0.4 is 10.2 Å². The molecule has 0 unspecified atom stereocenters. The van der Waals surface area contributed by atoms with Gasteiger partial charge in [-0.3, -0.25) is 10.0 Å². The number of hydrogen-bond donors (Lipinski definition) is 2. The molecule has 0 aliphatic carbocycles. The normalized spacial score (nSPS) is 12.7. The van der Waals surface area contributed by atoms with Gasteiger partial charge in [-0.15, -0.1) is 0 Å². The number of ether oxygens (including phenoxy) is 1. The number of amides is 1. The Labute approximate surface area is 180 Å². The van der Waals surface area contributed by atoms with E-state index in [-0.39, 0.29) is 10.8 Å². The van der Waals surface area contributed by atoms with Crippen molar-refractivity contribution in [2.75, 3.05) is 7.05 Å². The topological polar surface area (TPSA) is 114 Å². The number of nitrogens with zero attached hydrogens (tertiary/aromatic N) is 3. The molecule has 164 valence electrons. The molecule has 3 rings (SSSR count). The van der Waals surface area contributed by atoms with Gasteiger partial charge in [0.2, 0.25) is 10.0 Å². The van der Waals surface area contributed by atoms with Gasteiger partial charge in [0.15, 0.2) is 0 Å². The van der Waals surface area contributed by atoms with Crippen LogP contribution in [0.3, 0.4) is 0 Å². The minimum Gasteiger partial charge on any atom is -0.457 e. The minimum absolute atomic E-state index is 0.00851. The van der Waals surface area contributed by atoms with Crippen molar-refractivity contribution in [2.24, 2.45) is 5.92 Å². The SMILES string of the molecule is CC(C)[C@H](C(=O)NO)N(C)S(=O)(=O)c1ccc(Oc2ccc(-n3ccnc3)cc2)cc1. The van der Waals surface area contributed by atoms with E-state index in [1.165, 1.54) is 24.7 Å². The van der Waals surface area contributed by atoms with Crippen LogP contribution >= 0.6 is 0 Å². The molecule has 1 atom stereocenters. The maximum Gasteiger partial charge on any atom is 0.262 e. The van der Waals surface area contributed by atoms with E-state index in [9.17, 15) is 13.2 Å². The van der Waals surface area contributed by atoms with Gasteiger partial charge in [-0.25, -0.2) is 18.9 Å². The number of likely N-dealkylation sites (N-methyl/N-ethyl adjacent to an activating group) is 1. The van der Waals surface area contributed by atoms with Gasteiger partial charge in [0.1, 0.15) is 17.5 Å². The molecule has 0 bridgehead atoms. The molecule has 1 amide bonds. The summed E-state index contributed by atoms with van der Waals surface area (Å²) in [5, 5.41) is 8.94. The van der Waals surface area contributed by atoms with E-state index in [0.29, 0.717) is 11.5 Å². The number of carbonyl (C=O) groups is 1. The van der Waals surface area contributed by atoms with Crippen LogP contribution in [0.2, 0.25) is 0 Å². The minimum atomic E-state index is -3.96. The molecule has 2 N–H and O–H groups in total. The molecule has 0 saturated heterocycles. The number of hydrogen-bond acceptors (Lipinski definition) is 6. The fourth-order valence-corrected chi connectivity index (χ4v) is 4.63. The van der Waals surface area contributed by atoms with Crippen molar-refractivity contribution in [3.05, 3.63) is 67.3 Å². The lowest BCUT2D eigenvalue weighted by molar-refractivity contribution is -0.134. The molecule has 0 fully saturated rings. The Morgan fingerprint density at radius 3 is 2.16 bits per heavy atom. The molecule has 3 aromatic rings. The van der Waals surface area contributed by atoms with Gasteiger partial charge >= 0.3 is 0 Å². The summed E-state index contributed by atoms with van der Waals surface area (Å²) >= 11 is 0. The summed E-state index contributed by atoms with van der Waals surface area (Å²) in [5.74, 6) is -0.0819. The van der Waals surface area contributed by atoms with Crippen LogP contribution in [0.5, 0.6) is 11.5 Å². The predicted molar refractivity (Wildman–Crippen MR) is 114 cm³/mol. The van der Waals surface area contributed by atoms with Crippen molar-refractivity contribution in [1.29, 1.82) is 0 Å². The van der Waals surface area contributed by atoms with Crippen LogP contribution in [-0.2, 0) is 14.8 Å². The van der Waals surface area contributed by atoms with Crippen LogP contribution in [0.1, 0.15) is 13.8 Å². The average molecular weight is 445 g/mol. The first kappa shape index (κ1) is 22.5. The van der Waals surface area contributed by atoms with Gasteiger partial charge < -0.3 is 9.30 Å². The van der Waals surface area contributed by atoms with Crippen molar-refractivity contribution < 1.29 is 23.2 Å². The molecule has 0 spiro atoms. The number of imidazole rings is 1. The Morgan fingerprint density at radius 2 is 1.68 bits per heavy atom. The fourth-order valence-electron chi connectivity index (χ4n) is 3.18. The van der Waals surface area contributed by atoms with Crippen molar-refractivity contribution in [3.63, 3.8) is 0 Å². The molecule has 0 aliphatic heterocycles. The average Bonchev–Trinajstić information content (AvgIpc) is 3.29. The third-order valence-corrected chi connectivity index (χ3v) is 6.63. The summed E-state index contributed by atoms with van der Waals surface area (Å²) in [6, 6.07) is 12.2. The van der Waals surface area contributed by atoms with Crippen LogP contribution in [0.4, 0.5) is 0 Å². The Kier molecular flexibility index (Phi) is 6.74. The van der Waals surface area contributed by atoms with Gasteiger partial charge in [0.25, 0.3) is 5.91 Å². The van der Waals surface area contributed by atoms with E-state index in [1.54, 1.807) is 50.6 Å². The summed E-state index contributed by atoms with van der Waals surface area (Å²) < 4.78 is 34.5. The lowest BCUT2D eigenvalue weighted by Crippen LogP contribution is -2.49. The monoisotopic (exact) mass is 444 g/mol. The van der Waals surface area contributed by atoms with E-state index in [1.807, 2.05) is 22.9 Å². The van der Waals surface area contributed by atoms with Gasteiger partial charge in [-0.1, -0.05) is 13.8 Å². The summed E-state index contributed by atoms with van der Waals surface area (Å²) in [7, 11) is -2.65. The van der Waals surface area contributed by atoms with Crippen molar-refractivity contribution in [2.45, 2.75) is 24.8 Å². The molecule has 0 saturated carbocycles. The van der Waals surface area contributed by atoms with E-state index < -0.39 is 22.0 Å². The quantitative estimate of drug-likeness (QED) is 0.408. The molecule has 1 aromatic heterocycles. The zero-order valence-corrected chi connectivity index (χ0v) is 18.2. The van der Waals surface area contributed by atoms with Crippen molar-refractivity contribution in [1.82, 2.24) is 19.3 Å². The van der Waals surface area contributed by atoms with Gasteiger partial charge in [0.05, 0.1) is 11.2 Å². The highest BCUT2D eigenvalue weighted by Crippen LogP contribution is 2.26. The van der Waals surface area contributed by atoms with Gasteiger partial charge in [-0.2, -0.15) is 4.31 Å². The first-order valence-electron chi connectivity index (χ1n) is 9.52. The summed E-state index contributed by atoms with van der Waals surface area (Å²) in [4.78, 5) is 16.0. The number of carbonyl (C=O) groups excluding carboxylic acids is 1. The number of nitrogens with one attached hydrogen (secondary N) is 1. The van der Waals surface area contributed by atoms with Crippen LogP contribution in [0.25, 0.3) is 5.69 Å². The molecule has 0 aliphatic rings. The Morgan fingerprint density at radius 1 is 1.10 bits per heavy atom. The molecule has 0 radical (unpaired) electrons. The molecular formula is C21H24N4O5S.